The van der Waals surface area contributed by atoms with E-state index in [0.29, 0.717) is 36.3 Å². The van der Waals surface area contributed by atoms with Crippen LogP contribution in [0.2, 0.25) is 0 Å². The molecule has 18 heteroatoms. The fourth-order valence-corrected chi connectivity index (χ4v) is 7.31. The first-order chi connectivity index (χ1) is 28.7. The second kappa shape index (κ2) is 22.8. The Morgan fingerprint density at radius 3 is 2.18 bits per heavy atom. The van der Waals surface area contributed by atoms with Crippen LogP contribution in [-0.4, -0.2) is 103 Å². The molecule has 0 bridgehead atoms. The monoisotopic (exact) mass is 834 g/mol. The normalized spacial score (nSPS) is 17.9. The molecule has 8 N–H and O–H groups in total. The van der Waals surface area contributed by atoms with Crippen molar-refractivity contribution in [3.05, 3.63) is 60.2 Å². The van der Waals surface area contributed by atoms with E-state index in [2.05, 4.69) is 31.9 Å². The van der Waals surface area contributed by atoms with Crippen molar-refractivity contribution in [2.75, 3.05) is 32.1 Å². The summed E-state index contributed by atoms with van der Waals surface area (Å²) in [7, 11) is 1.52. The van der Waals surface area contributed by atoms with Crippen LogP contribution < -0.4 is 42.4 Å². The number of carbonyl (C=O) groups excluding carboxylic acids is 8. The van der Waals surface area contributed by atoms with Gasteiger partial charge in [0.05, 0.1) is 32.3 Å². The third-order valence-electron chi connectivity index (χ3n) is 10.3. The molecule has 60 heavy (non-hydrogen) atoms. The Morgan fingerprint density at radius 2 is 1.57 bits per heavy atom. The Bertz CT molecular complexity index is 1820. The quantitative estimate of drug-likeness (QED) is 0.102. The molecule has 1 saturated carbocycles. The average molecular weight is 835 g/mol. The molecule has 2 aromatic carbocycles. The van der Waals surface area contributed by atoms with E-state index in [1.165, 1.54) is 12.0 Å². The van der Waals surface area contributed by atoms with Gasteiger partial charge in [0.25, 0.3) is 5.91 Å². The number of nitrogens with one attached hydrogen (secondary N) is 6. The van der Waals surface area contributed by atoms with Gasteiger partial charge in [0, 0.05) is 12.2 Å². The lowest BCUT2D eigenvalue weighted by Crippen LogP contribution is -2.58. The number of hydrogen-bond acceptors (Lipinski definition) is 10. The van der Waals surface area contributed by atoms with Crippen LogP contribution in [0.4, 0.5) is 15.3 Å². The van der Waals surface area contributed by atoms with Crippen LogP contribution >= 0.6 is 0 Å². The lowest BCUT2D eigenvalue weighted by molar-refractivity contribution is -0.143. The van der Waals surface area contributed by atoms with E-state index in [4.69, 9.17) is 15.2 Å². The van der Waals surface area contributed by atoms with Crippen LogP contribution in [0.25, 0.3) is 0 Å². The Morgan fingerprint density at radius 1 is 0.883 bits per heavy atom. The maximum absolute atomic E-state index is 14.6. The summed E-state index contributed by atoms with van der Waals surface area (Å²) in [6.07, 6.45) is 3.59. The summed E-state index contributed by atoms with van der Waals surface area (Å²) in [6.45, 7) is 4.88. The number of urea groups is 1. The summed E-state index contributed by atoms with van der Waals surface area (Å²) in [5.41, 5.74) is 6.37. The minimum Gasteiger partial charge on any atom is -0.497 e. The lowest BCUT2D eigenvalue weighted by Gasteiger charge is -2.34. The molecule has 2 fully saturated rings. The number of ether oxygens (including phenoxy) is 2. The van der Waals surface area contributed by atoms with Gasteiger partial charge in [-0.05, 0) is 67.3 Å². The van der Waals surface area contributed by atoms with Crippen LogP contribution in [0.3, 0.4) is 0 Å². The Balaban J connectivity index is 1.51. The molecule has 1 heterocycles. The number of anilines is 1. The van der Waals surface area contributed by atoms with E-state index in [1.54, 1.807) is 61.5 Å². The van der Waals surface area contributed by atoms with Gasteiger partial charge in [0.2, 0.25) is 29.4 Å². The Hall–Kier alpha value is -6.20. The van der Waals surface area contributed by atoms with Crippen molar-refractivity contribution in [3.63, 3.8) is 0 Å². The molecule has 1 aliphatic heterocycles. The molecule has 1 aliphatic carbocycles. The number of nitrogens with zero attached hydrogens (tertiary/aromatic N) is 1. The van der Waals surface area contributed by atoms with Crippen molar-refractivity contribution in [3.8, 4) is 5.75 Å². The molecule has 2 aliphatic rings. The van der Waals surface area contributed by atoms with Gasteiger partial charge >= 0.3 is 12.1 Å². The summed E-state index contributed by atoms with van der Waals surface area (Å²) in [4.78, 5) is 108. The van der Waals surface area contributed by atoms with Gasteiger partial charge in [-0.2, -0.15) is 0 Å². The maximum atomic E-state index is 14.6. The molecule has 4 rings (SSSR count). The smallest absolute Gasteiger partial charge is 0.407 e. The highest BCUT2D eigenvalue weighted by molar-refractivity contribution is 6.38. The van der Waals surface area contributed by atoms with Crippen LogP contribution in [-0.2, 0) is 33.5 Å². The molecule has 0 aromatic heterocycles. The number of primary amides is 1. The largest absolute Gasteiger partial charge is 0.497 e. The summed E-state index contributed by atoms with van der Waals surface area (Å²) in [5, 5.41) is 15.6. The van der Waals surface area contributed by atoms with Gasteiger partial charge in [-0.1, -0.05) is 76.8 Å². The first kappa shape index (κ1) is 46.5. The van der Waals surface area contributed by atoms with Crippen molar-refractivity contribution in [1.29, 1.82) is 0 Å². The molecule has 5 unspecified atom stereocenters. The zero-order valence-electron chi connectivity index (χ0n) is 34.6. The van der Waals surface area contributed by atoms with Crippen LogP contribution in [0.15, 0.2) is 54.6 Å². The van der Waals surface area contributed by atoms with Gasteiger partial charge in [0.1, 0.15) is 23.9 Å². The number of methoxy groups -OCH3 is 1. The second-order valence-electron chi connectivity index (χ2n) is 15.5. The predicted molar refractivity (Wildman–Crippen MR) is 220 cm³/mol. The first-order valence-corrected chi connectivity index (χ1v) is 20.4. The summed E-state index contributed by atoms with van der Waals surface area (Å²) in [5.74, 6) is -4.71. The molecule has 0 spiro atoms. The van der Waals surface area contributed by atoms with E-state index in [-0.39, 0.29) is 37.8 Å². The number of Topliss-reactive ketones (excluding diaryl/α,β-unsaturated/α-hetero) is 1. The van der Waals surface area contributed by atoms with Gasteiger partial charge < -0.3 is 52.0 Å². The number of rotatable bonds is 19. The third kappa shape index (κ3) is 13.7. The van der Waals surface area contributed by atoms with Crippen molar-refractivity contribution >= 4 is 53.1 Å². The van der Waals surface area contributed by atoms with Crippen LogP contribution in [0, 0.1) is 11.8 Å². The third-order valence-corrected chi connectivity index (χ3v) is 10.3. The predicted octanol–water partition coefficient (Wildman–Crippen LogP) is 2.43. The van der Waals surface area contributed by atoms with Gasteiger partial charge in [0.15, 0.2) is 0 Å². The summed E-state index contributed by atoms with van der Waals surface area (Å²) < 4.78 is 10.6. The highest BCUT2D eigenvalue weighted by Crippen LogP contribution is 2.30. The Labute approximate surface area is 349 Å². The first-order valence-electron chi connectivity index (χ1n) is 20.4. The van der Waals surface area contributed by atoms with Gasteiger partial charge in [-0.15, -0.1) is 0 Å². The zero-order valence-corrected chi connectivity index (χ0v) is 34.6. The summed E-state index contributed by atoms with van der Waals surface area (Å²) >= 11 is 0. The fraction of sp³-hybridized carbons (Fsp3) is 0.524. The SMILES string of the molecule is CCCC(NC(=O)C1CC(NC(=O)Nc2ccc(OC)cc2)CN1C(=O)C(NC(=O)OCC(C)C)C1CCCCC1)C(=O)C(=O)NCC(=O)NC(C(N)=O)c1ccccc1. The highest BCUT2D eigenvalue weighted by atomic mass is 16.5. The molecular weight excluding hydrogens is 777 g/mol. The minimum atomic E-state index is -1.34. The van der Waals surface area contributed by atoms with Gasteiger partial charge in [-0.25, -0.2) is 9.59 Å². The van der Waals surface area contributed by atoms with E-state index in [9.17, 15) is 38.4 Å². The Kier molecular flexibility index (Phi) is 17.7. The zero-order chi connectivity index (χ0) is 43.8. The number of carbonyl (C=O) groups is 8. The van der Waals surface area contributed by atoms with Gasteiger partial charge in [-0.3, -0.25) is 28.8 Å². The number of hydrogen-bond donors (Lipinski definition) is 7. The van der Waals surface area contributed by atoms with E-state index >= 15 is 0 Å². The molecule has 5 atom stereocenters. The number of alkyl carbamates (subject to hydrolysis) is 1. The molecule has 18 nitrogen and oxygen atoms in total. The minimum absolute atomic E-state index is 0.0442. The standard InChI is InChI=1S/C42H58N8O10/c1-5-12-31(36(52)39(55)44-22-33(51)48-34(37(43)53)26-13-8-6-9-14-26)47-38(54)32-21-29(46-41(57)45-28-17-19-30(59-4)20-18-28)23-50(32)40(56)35(27-15-10-7-11-16-27)49-42(58)60-24-25(2)3/h6,8-9,13-14,17-20,25,27,29,31-32,34-35H,5,7,10-12,15-16,21-24H2,1-4H3,(H2,43,53)(H,44,55)(H,47,54)(H,48,51)(H,49,58)(H2,45,46,57). The highest BCUT2D eigenvalue weighted by Gasteiger charge is 2.45. The number of amides is 8. The number of benzene rings is 2. The van der Waals surface area contributed by atoms with Crippen LogP contribution in [0.5, 0.6) is 5.75 Å². The number of likely N-dealkylation sites (tertiary alicyclic amines) is 1. The summed E-state index contributed by atoms with van der Waals surface area (Å²) in [6, 6.07) is 8.78. The van der Waals surface area contributed by atoms with Crippen LogP contribution in [0.1, 0.15) is 83.7 Å². The van der Waals surface area contributed by atoms with Crippen molar-refractivity contribution in [2.24, 2.45) is 17.6 Å². The fourth-order valence-electron chi connectivity index (χ4n) is 7.31. The van der Waals surface area contributed by atoms with E-state index in [0.717, 1.165) is 19.3 Å². The molecular formula is C42H58N8O10. The van der Waals surface area contributed by atoms with Crippen molar-refractivity contribution < 1.29 is 47.8 Å². The molecule has 326 valence electrons. The van der Waals surface area contributed by atoms with Crippen molar-refractivity contribution in [1.82, 2.24) is 31.5 Å². The number of ketones is 1. The van der Waals surface area contributed by atoms with E-state index < -0.39 is 84.2 Å². The molecule has 2 aromatic rings. The average Bonchev–Trinajstić information content (AvgIpc) is 3.66. The lowest BCUT2D eigenvalue weighted by atomic mass is 9.83. The van der Waals surface area contributed by atoms with E-state index in [1.807, 2.05) is 13.8 Å². The molecule has 1 saturated heterocycles. The second-order valence-corrected chi connectivity index (χ2v) is 15.5. The van der Waals surface area contributed by atoms with Crippen molar-refractivity contribution in [2.45, 2.75) is 102 Å². The number of nitrogens with two attached hydrogens (primary N) is 1. The topological polar surface area (TPSA) is 256 Å². The molecule has 8 amide bonds. The molecule has 0 radical (unpaired) electrons. The maximum Gasteiger partial charge on any atom is 0.407 e.